The number of thiophene rings is 1. The topological polar surface area (TPSA) is 92.8 Å². The smallest absolute Gasteiger partial charge is 0.338 e. The van der Waals surface area contributed by atoms with Crippen LogP contribution in [-0.4, -0.2) is 44.9 Å². The molecular formula is C18H20N2O5S2. The van der Waals surface area contributed by atoms with Crippen LogP contribution in [-0.2, 0) is 19.6 Å². The first kappa shape index (κ1) is 19.4. The molecule has 0 radical (unpaired) electrons. The highest BCUT2D eigenvalue weighted by molar-refractivity contribution is 7.94. The van der Waals surface area contributed by atoms with Crippen molar-refractivity contribution in [2.75, 3.05) is 24.4 Å². The number of ether oxygens (including phenoxy) is 1. The Labute approximate surface area is 162 Å². The number of carbonyl (C=O) groups excluding carboxylic acids is 2. The van der Waals surface area contributed by atoms with Crippen molar-refractivity contribution in [3.8, 4) is 0 Å². The van der Waals surface area contributed by atoms with Gasteiger partial charge in [0.05, 0.1) is 5.56 Å². The Hall–Kier alpha value is -2.39. The second kappa shape index (κ2) is 8.53. The van der Waals surface area contributed by atoms with Crippen LogP contribution in [0.3, 0.4) is 0 Å². The highest BCUT2D eigenvalue weighted by Crippen LogP contribution is 2.20. The number of hydrogen-bond donors (Lipinski definition) is 1. The van der Waals surface area contributed by atoms with Crippen LogP contribution in [0.2, 0.25) is 0 Å². The molecule has 2 heterocycles. The van der Waals surface area contributed by atoms with Crippen molar-refractivity contribution < 1.29 is 22.7 Å². The number of amides is 1. The van der Waals surface area contributed by atoms with Crippen molar-refractivity contribution in [2.45, 2.75) is 23.5 Å². The molecule has 0 atom stereocenters. The van der Waals surface area contributed by atoms with E-state index in [1.165, 1.54) is 30.3 Å². The summed E-state index contributed by atoms with van der Waals surface area (Å²) in [6.07, 6.45) is 3.07. The van der Waals surface area contributed by atoms with Crippen molar-refractivity contribution in [1.29, 1.82) is 0 Å². The first-order chi connectivity index (χ1) is 13.0. The van der Waals surface area contributed by atoms with E-state index < -0.39 is 16.0 Å². The van der Waals surface area contributed by atoms with Gasteiger partial charge in [-0.15, -0.1) is 11.3 Å². The number of rotatable bonds is 6. The average molecular weight is 409 g/mol. The van der Waals surface area contributed by atoms with Gasteiger partial charge in [0, 0.05) is 18.8 Å². The zero-order valence-electron chi connectivity index (χ0n) is 14.6. The van der Waals surface area contributed by atoms with Gasteiger partial charge in [-0.25, -0.2) is 13.2 Å². The number of piperidine rings is 1. The minimum absolute atomic E-state index is 0.191. The summed E-state index contributed by atoms with van der Waals surface area (Å²) in [5, 5.41) is 1.68. The van der Waals surface area contributed by atoms with E-state index in [0.717, 1.165) is 30.6 Å². The second-order valence-corrected chi connectivity index (χ2v) is 8.99. The summed E-state index contributed by atoms with van der Waals surface area (Å²) in [5.74, 6) is -0.809. The number of hydrogen-bond acceptors (Lipinski definition) is 6. The first-order valence-corrected chi connectivity index (χ1v) is 10.9. The molecule has 1 N–H and O–H groups in total. The normalized spacial score (nSPS) is 14.6. The zero-order chi connectivity index (χ0) is 19.3. The number of sulfonamides is 1. The molecule has 0 aliphatic carbocycles. The van der Waals surface area contributed by atoms with Gasteiger partial charge < -0.3 is 9.64 Å². The minimum atomic E-state index is -3.63. The number of benzene rings is 1. The van der Waals surface area contributed by atoms with E-state index in [1.807, 2.05) is 0 Å². The van der Waals surface area contributed by atoms with Gasteiger partial charge in [-0.3, -0.25) is 9.52 Å². The maximum absolute atomic E-state index is 12.2. The molecule has 2 aromatic rings. The van der Waals surface area contributed by atoms with Gasteiger partial charge in [-0.2, -0.15) is 0 Å². The molecule has 0 bridgehead atoms. The Morgan fingerprint density at radius 3 is 2.41 bits per heavy atom. The SMILES string of the molecule is O=C(OCC(=O)N1CCCCC1)c1ccc(NS(=O)(=O)c2cccs2)cc1. The van der Waals surface area contributed by atoms with E-state index in [9.17, 15) is 18.0 Å². The average Bonchev–Trinajstić information content (AvgIpc) is 3.23. The third-order valence-corrected chi connectivity index (χ3v) is 6.95. The van der Waals surface area contributed by atoms with Crippen molar-refractivity contribution in [3.63, 3.8) is 0 Å². The van der Waals surface area contributed by atoms with Crippen LogP contribution in [0.1, 0.15) is 29.6 Å². The maximum Gasteiger partial charge on any atom is 0.338 e. The summed E-state index contributed by atoms with van der Waals surface area (Å²) < 4.78 is 32.1. The Balaban J connectivity index is 1.55. The lowest BCUT2D eigenvalue weighted by atomic mass is 10.1. The van der Waals surface area contributed by atoms with Crippen molar-refractivity contribution in [1.82, 2.24) is 4.90 Å². The Kier molecular flexibility index (Phi) is 6.12. The van der Waals surface area contributed by atoms with Gasteiger partial charge in [0.1, 0.15) is 4.21 Å². The quantitative estimate of drug-likeness (QED) is 0.742. The van der Waals surface area contributed by atoms with Gasteiger partial charge in [0.15, 0.2) is 6.61 Å². The second-order valence-electron chi connectivity index (χ2n) is 6.13. The van der Waals surface area contributed by atoms with Gasteiger partial charge in [0.2, 0.25) is 0 Å². The highest BCUT2D eigenvalue weighted by Gasteiger charge is 2.19. The third-order valence-electron chi connectivity index (χ3n) is 4.17. The van der Waals surface area contributed by atoms with Crippen molar-refractivity contribution >= 4 is 38.9 Å². The fraction of sp³-hybridized carbons (Fsp3) is 0.333. The molecular weight excluding hydrogens is 388 g/mol. The highest BCUT2D eigenvalue weighted by atomic mass is 32.2. The standard InChI is InChI=1S/C18H20N2O5S2/c21-16(20-10-2-1-3-11-20)13-25-18(22)14-6-8-15(9-7-14)19-27(23,24)17-5-4-12-26-17/h4-9,12,19H,1-3,10-11,13H2. The van der Waals surface area contributed by atoms with Crippen LogP contribution in [0.4, 0.5) is 5.69 Å². The molecule has 9 heteroatoms. The largest absolute Gasteiger partial charge is 0.452 e. The van der Waals surface area contributed by atoms with E-state index in [-0.39, 0.29) is 22.3 Å². The Bertz CT molecular complexity index is 886. The number of likely N-dealkylation sites (tertiary alicyclic amines) is 1. The Morgan fingerprint density at radius 1 is 1.07 bits per heavy atom. The van der Waals surface area contributed by atoms with Crippen LogP contribution in [0, 0.1) is 0 Å². The molecule has 3 rings (SSSR count). The molecule has 0 unspecified atom stereocenters. The summed E-state index contributed by atoms with van der Waals surface area (Å²) in [6.45, 7) is 1.12. The summed E-state index contributed by atoms with van der Waals surface area (Å²) >= 11 is 1.12. The van der Waals surface area contributed by atoms with E-state index >= 15 is 0 Å². The van der Waals surface area contributed by atoms with Gasteiger partial charge in [-0.1, -0.05) is 6.07 Å². The predicted molar refractivity (Wildman–Crippen MR) is 102 cm³/mol. The van der Waals surface area contributed by atoms with Crippen LogP contribution in [0.25, 0.3) is 0 Å². The monoisotopic (exact) mass is 408 g/mol. The number of nitrogens with one attached hydrogen (secondary N) is 1. The molecule has 7 nitrogen and oxygen atoms in total. The molecule has 1 amide bonds. The van der Waals surface area contributed by atoms with Gasteiger partial charge in [-0.05, 0) is 55.0 Å². The lowest BCUT2D eigenvalue weighted by Gasteiger charge is -2.26. The Morgan fingerprint density at radius 2 is 1.78 bits per heavy atom. The summed E-state index contributed by atoms with van der Waals surface area (Å²) in [7, 11) is -3.63. The molecule has 144 valence electrons. The van der Waals surface area contributed by atoms with Gasteiger partial charge >= 0.3 is 5.97 Å². The third kappa shape index (κ3) is 5.08. The summed E-state index contributed by atoms with van der Waals surface area (Å²) in [5.41, 5.74) is 0.588. The zero-order valence-corrected chi connectivity index (χ0v) is 16.2. The van der Waals surface area contributed by atoms with E-state index in [2.05, 4.69) is 4.72 Å². The van der Waals surface area contributed by atoms with E-state index in [4.69, 9.17) is 4.74 Å². The van der Waals surface area contributed by atoms with Crippen molar-refractivity contribution in [2.24, 2.45) is 0 Å². The minimum Gasteiger partial charge on any atom is -0.452 e. The van der Waals surface area contributed by atoms with Crippen LogP contribution in [0.5, 0.6) is 0 Å². The first-order valence-electron chi connectivity index (χ1n) is 8.57. The molecule has 1 saturated heterocycles. The maximum atomic E-state index is 12.2. The molecule has 1 fully saturated rings. The lowest BCUT2D eigenvalue weighted by molar-refractivity contribution is -0.135. The van der Waals surface area contributed by atoms with Crippen LogP contribution in [0.15, 0.2) is 46.0 Å². The fourth-order valence-electron chi connectivity index (χ4n) is 2.74. The van der Waals surface area contributed by atoms with Crippen molar-refractivity contribution in [3.05, 3.63) is 47.3 Å². The number of esters is 1. The summed E-state index contributed by atoms with van der Waals surface area (Å²) in [6, 6.07) is 9.05. The molecule has 1 aliphatic rings. The molecule has 1 aromatic carbocycles. The molecule has 0 spiro atoms. The molecule has 27 heavy (non-hydrogen) atoms. The van der Waals surface area contributed by atoms with Crippen LogP contribution < -0.4 is 4.72 Å². The molecule has 0 saturated carbocycles. The molecule has 1 aliphatic heterocycles. The fourth-order valence-corrected chi connectivity index (χ4v) is 4.79. The number of carbonyl (C=O) groups is 2. The molecule has 1 aromatic heterocycles. The summed E-state index contributed by atoms with van der Waals surface area (Å²) in [4.78, 5) is 25.8. The van der Waals surface area contributed by atoms with Crippen LogP contribution >= 0.6 is 11.3 Å². The number of anilines is 1. The van der Waals surface area contributed by atoms with E-state index in [0.29, 0.717) is 18.8 Å². The lowest BCUT2D eigenvalue weighted by Crippen LogP contribution is -2.38. The predicted octanol–water partition coefficient (Wildman–Crippen LogP) is 2.72. The van der Waals surface area contributed by atoms with Gasteiger partial charge in [0.25, 0.3) is 15.9 Å². The van der Waals surface area contributed by atoms with E-state index in [1.54, 1.807) is 16.3 Å². The number of nitrogens with zero attached hydrogens (tertiary/aromatic N) is 1.